The van der Waals surface area contributed by atoms with Gasteiger partial charge in [-0.25, -0.2) is 4.79 Å². The summed E-state index contributed by atoms with van der Waals surface area (Å²) in [4.78, 5) is 11.4. The maximum Gasteiger partial charge on any atom is 0.337 e. The molecule has 0 saturated heterocycles. The highest BCUT2D eigenvalue weighted by molar-refractivity contribution is 6.33. The number of hydrogen-bond donors (Lipinski definition) is 2. The van der Waals surface area contributed by atoms with Gasteiger partial charge in [-0.05, 0) is 39.0 Å². The molecule has 0 saturated carbocycles. The van der Waals surface area contributed by atoms with Gasteiger partial charge in [-0.3, -0.25) is 0 Å². The van der Waals surface area contributed by atoms with Crippen LogP contribution >= 0.6 is 11.6 Å². The van der Waals surface area contributed by atoms with Crippen LogP contribution in [0.25, 0.3) is 0 Å². The van der Waals surface area contributed by atoms with Crippen molar-refractivity contribution in [2.75, 3.05) is 25.5 Å². The minimum absolute atomic E-state index is 0.0827. The van der Waals surface area contributed by atoms with Gasteiger partial charge in [0, 0.05) is 18.6 Å². The Kier molecular flexibility index (Phi) is 5.63. The van der Waals surface area contributed by atoms with Gasteiger partial charge < -0.3 is 15.4 Å². The third kappa shape index (κ3) is 5.49. The molecule has 0 spiro atoms. The van der Waals surface area contributed by atoms with Crippen LogP contribution in [0.15, 0.2) is 18.2 Å². The second-order valence-electron chi connectivity index (χ2n) is 5.29. The maximum atomic E-state index is 11.4. The molecule has 1 rings (SSSR count). The highest BCUT2D eigenvalue weighted by atomic mass is 35.5. The van der Waals surface area contributed by atoms with Crippen LogP contribution in [0.2, 0.25) is 5.02 Å². The average molecular weight is 285 g/mol. The molecule has 0 unspecified atom stereocenters. The topological polar surface area (TPSA) is 50.4 Å². The van der Waals surface area contributed by atoms with Crippen LogP contribution in [0.1, 0.15) is 31.1 Å². The van der Waals surface area contributed by atoms with E-state index in [0.717, 1.165) is 18.8 Å². The molecule has 2 N–H and O–H groups in total. The molecule has 0 bridgehead atoms. The van der Waals surface area contributed by atoms with Gasteiger partial charge in [0.15, 0.2) is 0 Å². The van der Waals surface area contributed by atoms with Gasteiger partial charge in [-0.2, -0.15) is 0 Å². The number of rotatable bonds is 5. The fraction of sp³-hybridized carbons (Fsp3) is 0.500. The molecule has 1 aromatic rings. The molecule has 0 radical (unpaired) electrons. The van der Waals surface area contributed by atoms with Crippen molar-refractivity contribution < 1.29 is 9.53 Å². The van der Waals surface area contributed by atoms with Crippen LogP contribution < -0.4 is 10.6 Å². The SMILES string of the molecule is COC(=O)c1ccc(Cl)c(NCCNC(C)(C)C)c1. The van der Waals surface area contributed by atoms with Crippen LogP contribution in [0.5, 0.6) is 0 Å². The van der Waals surface area contributed by atoms with Crippen molar-refractivity contribution in [3.8, 4) is 0 Å². The highest BCUT2D eigenvalue weighted by Crippen LogP contribution is 2.23. The van der Waals surface area contributed by atoms with Gasteiger partial charge in [0.25, 0.3) is 0 Å². The fourth-order valence-electron chi connectivity index (χ4n) is 1.54. The number of methoxy groups -OCH3 is 1. The first-order chi connectivity index (χ1) is 8.83. The second-order valence-corrected chi connectivity index (χ2v) is 5.70. The third-order valence-corrected chi connectivity index (χ3v) is 2.81. The summed E-state index contributed by atoms with van der Waals surface area (Å²) in [5.41, 5.74) is 1.30. The van der Waals surface area contributed by atoms with Crippen molar-refractivity contribution in [2.45, 2.75) is 26.3 Å². The Morgan fingerprint density at radius 3 is 2.58 bits per heavy atom. The Labute approximate surface area is 119 Å². The minimum Gasteiger partial charge on any atom is -0.465 e. The molecule has 5 heteroatoms. The first kappa shape index (κ1) is 15.8. The quantitative estimate of drug-likeness (QED) is 0.645. The number of anilines is 1. The van der Waals surface area contributed by atoms with E-state index in [1.807, 2.05) is 0 Å². The molecule has 19 heavy (non-hydrogen) atoms. The molecule has 0 fully saturated rings. The summed E-state index contributed by atoms with van der Waals surface area (Å²) in [6.45, 7) is 7.86. The van der Waals surface area contributed by atoms with Gasteiger partial charge in [0.05, 0.1) is 23.4 Å². The number of nitrogens with one attached hydrogen (secondary N) is 2. The highest BCUT2D eigenvalue weighted by Gasteiger charge is 2.10. The van der Waals surface area contributed by atoms with E-state index in [2.05, 4.69) is 36.1 Å². The van der Waals surface area contributed by atoms with E-state index in [-0.39, 0.29) is 11.5 Å². The summed E-state index contributed by atoms with van der Waals surface area (Å²) in [5.74, 6) is -0.368. The summed E-state index contributed by atoms with van der Waals surface area (Å²) in [6, 6.07) is 5.03. The normalized spacial score (nSPS) is 11.2. The lowest BCUT2D eigenvalue weighted by Gasteiger charge is -2.21. The summed E-state index contributed by atoms with van der Waals surface area (Å²) >= 11 is 6.08. The Bertz CT molecular complexity index is 442. The number of carbonyl (C=O) groups excluding carboxylic acids is 1. The maximum absolute atomic E-state index is 11.4. The van der Waals surface area contributed by atoms with E-state index in [1.165, 1.54) is 7.11 Å². The lowest BCUT2D eigenvalue weighted by atomic mass is 10.1. The Morgan fingerprint density at radius 1 is 1.32 bits per heavy atom. The monoisotopic (exact) mass is 284 g/mol. The van der Waals surface area contributed by atoms with Crippen molar-refractivity contribution in [2.24, 2.45) is 0 Å². The van der Waals surface area contributed by atoms with Gasteiger partial charge in [0.2, 0.25) is 0 Å². The summed E-state index contributed by atoms with van der Waals surface area (Å²) in [5, 5.41) is 7.15. The predicted octanol–water partition coefficient (Wildman–Crippen LogP) is 2.93. The van der Waals surface area contributed by atoms with E-state index in [9.17, 15) is 4.79 Å². The molecule has 0 atom stereocenters. The van der Waals surface area contributed by atoms with E-state index < -0.39 is 0 Å². The van der Waals surface area contributed by atoms with Gasteiger partial charge in [0.1, 0.15) is 0 Å². The van der Waals surface area contributed by atoms with Gasteiger partial charge in [-0.15, -0.1) is 0 Å². The zero-order chi connectivity index (χ0) is 14.5. The van der Waals surface area contributed by atoms with Crippen LogP contribution in [-0.2, 0) is 4.74 Å². The van der Waals surface area contributed by atoms with Crippen LogP contribution in [-0.4, -0.2) is 31.7 Å². The number of hydrogen-bond acceptors (Lipinski definition) is 4. The molecule has 1 aromatic carbocycles. The molecule has 0 amide bonds. The molecule has 106 valence electrons. The van der Waals surface area contributed by atoms with Crippen molar-refractivity contribution in [3.05, 3.63) is 28.8 Å². The van der Waals surface area contributed by atoms with E-state index in [0.29, 0.717) is 10.6 Å². The lowest BCUT2D eigenvalue weighted by Crippen LogP contribution is -2.38. The van der Waals surface area contributed by atoms with Crippen molar-refractivity contribution in [1.29, 1.82) is 0 Å². The molecule has 4 nitrogen and oxygen atoms in total. The fourth-order valence-corrected chi connectivity index (χ4v) is 1.72. The number of carbonyl (C=O) groups is 1. The molecular formula is C14H21ClN2O2. The van der Waals surface area contributed by atoms with Crippen molar-refractivity contribution in [1.82, 2.24) is 5.32 Å². The van der Waals surface area contributed by atoms with Crippen molar-refractivity contribution >= 4 is 23.3 Å². The zero-order valence-electron chi connectivity index (χ0n) is 11.8. The van der Waals surface area contributed by atoms with E-state index >= 15 is 0 Å². The Hall–Kier alpha value is -1.26. The molecule has 0 heterocycles. The largest absolute Gasteiger partial charge is 0.465 e. The lowest BCUT2D eigenvalue weighted by molar-refractivity contribution is 0.0601. The number of ether oxygens (including phenoxy) is 1. The first-order valence-corrected chi connectivity index (χ1v) is 6.58. The van der Waals surface area contributed by atoms with Crippen molar-refractivity contribution in [3.63, 3.8) is 0 Å². The molecular weight excluding hydrogens is 264 g/mol. The van der Waals surface area contributed by atoms with Gasteiger partial charge >= 0.3 is 5.97 Å². The molecule has 0 aliphatic rings. The minimum atomic E-state index is -0.368. The van der Waals surface area contributed by atoms with E-state index in [1.54, 1.807) is 18.2 Å². The number of benzene rings is 1. The zero-order valence-corrected chi connectivity index (χ0v) is 12.6. The molecule has 0 aliphatic carbocycles. The first-order valence-electron chi connectivity index (χ1n) is 6.20. The number of esters is 1. The molecule has 0 aliphatic heterocycles. The molecule has 0 aromatic heterocycles. The Balaban J connectivity index is 2.60. The third-order valence-electron chi connectivity index (χ3n) is 2.48. The van der Waals surface area contributed by atoms with Crippen LogP contribution in [0.3, 0.4) is 0 Å². The average Bonchev–Trinajstić information content (AvgIpc) is 2.34. The Morgan fingerprint density at radius 2 is 2.00 bits per heavy atom. The van der Waals surface area contributed by atoms with Gasteiger partial charge in [-0.1, -0.05) is 11.6 Å². The summed E-state index contributed by atoms with van der Waals surface area (Å²) in [6.07, 6.45) is 0. The predicted molar refractivity (Wildman–Crippen MR) is 79.0 cm³/mol. The standard InChI is InChI=1S/C14H21ClN2O2/c1-14(2,3)17-8-7-16-12-9-10(13(18)19-4)5-6-11(12)15/h5-6,9,16-17H,7-8H2,1-4H3. The smallest absolute Gasteiger partial charge is 0.337 e. The van der Waals surface area contributed by atoms with Crippen LogP contribution in [0, 0.1) is 0 Å². The summed E-state index contributed by atoms with van der Waals surface area (Å²) < 4.78 is 4.68. The number of halogens is 1. The van der Waals surface area contributed by atoms with E-state index in [4.69, 9.17) is 11.6 Å². The second kappa shape index (κ2) is 6.78. The summed E-state index contributed by atoms with van der Waals surface area (Å²) in [7, 11) is 1.36. The van der Waals surface area contributed by atoms with Crippen LogP contribution in [0.4, 0.5) is 5.69 Å².